The van der Waals surface area contributed by atoms with Crippen molar-refractivity contribution >= 4 is 43.2 Å². The molecule has 1 aliphatic heterocycles. The fraction of sp³-hybridized carbons (Fsp3) is 0.278. The van der Waals surface area contributed by atoms with E-state index in [0.717, 1.165) is 0 Å². The van der Waals surface area contributed by atoms with Crippen LogP contribution in [0.2, 0.25) is 5.02 Å². The first-order valence-corrected chi connectivity index (χ1v) is 12.1. The highest BCUT2D eigenvalue weighted by Crippen LogP contribution is 2.26. The highest BCUT2D eigenvalue weighted by atomic mass is 35.5. The van der Waals surface area contributed by atoms with Crippen molar-refractivity contribution in [2.45, 2.75) is 22.6 Å². The van der Waals surface area contributed by atoms with Gasteiger partial charge in [0.2, 0.25) is 26.0 Å². The molecule has 29 heavy (non-hydrogen) atoms. The largest absolute Gasteiger partial charge is 0.326 e. The number of benzene rings is 2. The third-order valence-electron chi connectivity index (χ3n) is 4.73. The van der Waals surface area contributed by atoms with Gasteiger partial charge in [0.25, 0.3) is 0 Å². The standard InChI is InChI=1S/C18H20ClN3O5S2/c19-14-1-5-17(6-2-14)29(26,27)22-11-9-13(10-12-22)18(23)21-15-3-7-16(8-4-15)28(20,24)25/h1-8,13H,9-12H2,(H,21,23)(H2,20,24,25). The molecule has 1 saturated heterocycles. The molecule has 0 spiro atoms. The predicted octanol–water partition coefficient (Wildman–Crippen LogP) is 2.03. The van der Waals surface area contributed by atoms with Crippen molar-refractivity contribution in [1.29, 1.82) is 0 Å². The molecule has 3 N–H and O–H groups in total. The molecular formula is C18H20ClN3O5S2. The zero-order valence-electron chi connectivity index (χ0n) is 15.3. The first kappa shape index (κ1) is 21.7. The van der Waals surface area contributed by atoms with E-state index in [1.807, 2.05) is 0 Å². The smallest absolute Gasteiger partial charge is 0.243 e. The Morgan fingerprint density at radius 3 is 1.97 bits per heavy atom. The minimum Gasteiger partial charge on any atom is -0.326 e. The number of rotatable bonds is 5. The summed E-state index contributed by atoms with van der Waals surface area (Å²) in [6, 6.07) is 11.5. The fourth-order valence-corrected chi connectivity index (χ4v) is 5.20. The lowest BCUT2D eigenvalue weighted by atomic mass is 9.97. The molecule has 2 aromatic rings. The lowest BCUT2D eigenvalue weighted by molar-refractivity contribution is -0.120. The Balaban J connectivity index is 1.60. The van der Waals surface area contributed by atoms with Gasteiger partial charge in [-0.25, -0.2) is 22.0 Å². The molecule has 1 amide bonds. The number of carbonyl (C=O) groups excluding carboxylic acids is 1. The lowest BCUT2D eigenvalue weighted by Gasteiger charge is -2.30. The fourth-order valence-electron chi connectivity index (χ4n) is 3.09. The molecule has 8 nitrogen and oxygen atoms in total. The zero-order valence-corrected chi connectivity index (χ0v) is 17.7. The number of hydrogen-bond donors (Lipinski definition) is 2. The van der Waals surface area contributed by atoms with E-state index in [9.17, 15) is 21.6 Å². The molecule has 0 aromatic heterocycles. The topological polar surface area (TPSA) is 127 Å². The highest BCUT2D eigenvalue weighted by molar-refractivity contribution is 7.89. The number of halogens is 1. The molecule has 0 saturated carbocycles. The molecule has 156 valence electrons. The minimum absolute atomic E-state index is 0.0452. The first-order chi connectivity index (χ1) is 13.6. The number of primary sulfonamides is 1. The van der Waals surface area contributed by atoms with E-state index in [-0.39, 0.29) is 34.7 Å². The normalized spacial score (nSPS) is 16.5. The SMILES string of the molecule is NS(=O)(=O)c1ccc(NC(=O)C2CCN(S(=O)(=O)c3ccc(Cl)cc3)CC2)cc1. The maximum Gasteiger partial charge on any atom is 0.243 e. The van der Waals surface area contributed by atoms with E-state index < -0.39 is 20.0 Å². The van der Waals surface area contributed by atoms with Crippen molar-refractivity contribution in [3.05, 3.63) is 53.6 Å². The van der Waals surface area contributed by atoms with Gasteiger partial charge < -0.3 is 5.32 Å². The molecule has 3 rings (SSSR count). The number of sulfonamides is 2. The van der Waals surface area contributed by atoms with Crippen molar-refractivity contribution in [2.75, 3.05) is 18.4 Å². The number of nitrogens with two attached hydrogens (primary N) is 1. The number of nitrogens with zero attached hydrogens (tertiary/aromatic N) is 1. The van der Waals surface area contributed by atoms with Crippen LogP contribution in [0.3, 0.4) is 0 Å². The van der Waals surface area contributed by atoms with Crippen LogP contribution in [0.25, 0.3) is 0 Å². The van der Waals surface area contributed by atoms with Gasteiger partial charge in [0.1, 0.15) is 0 Å². The maximum atomic E-state index is 12.7. The number of piperidine rings is 1. The number of anilines is 1. The van der Waals surface area contributed by atoms with Crippen LogP contribution in [0.4, 0.5) is 5.69 Å². The van der Waals surface area contributed by atoms with Crippen LogP contribution < -0.4 is 10.5 Å². The molecule has 0 aliphatic carbocycles. The number of nitrogens with one attached hydrogen (secondary N) is 1. The Labute approximate surface area is 174 Å². The second-order valence-electron chi connectivity index (χ2n) is 6.69. The summed E-state index contributed by atoms with van der Waals surface area (Å²) in [5, 5.41) is 8.23. The van der Waals surface area contributed by atoms with E-state index in [1.54, 1.807) is 0 Å². The van der Waals surface area contributed by atoms with Gasteiger partial charge in [0.15, 0.2) is 0 Å². The van der Waals surface area contributed by atoms with Crippen LogP contribution in [-0.2, 0) is 24.8 Å². The van der Waals surface area contributed by atoms with E-state index >= 15 is 0 Å². The second kappa shape index (κ2) is 8.41. The Bertz CT molecular complexity index is 1090. The average molecular weight is 458 g/mol. The van der Waals surface area contributed by atoms with Crippen molar-refractivity contribution in [1.82, 2.24) is 4.31 Å². The molecule has 0 atom stereocenters. The van der Waals surface area contributed by atoms with Gasteiger partial charge >= 0.3 is 0 Å². The molecule has 0 unspecified atom stereocenters. The summed E-state index contributed by atoms with van der Waals surface area (Å²) in [6.45, 7) is 0.459. The average Bonchev–Trinajstić information content (AvgIpc) is 2.68. The quantitative estimate of drug-likeness (QED) is 0.710. The monoisotopic (exact) mass is 457 g/mol. The number of hydrogen-bond acceptors (Lipinski definition) is 5. The van der Waals surface area contributed by atoms with Crippen molar-refractivity contribution in [3.8, 4) is 0 Å². The highest BCUT2D eigenvalue weighted by Gasteiger charge is 2.32. The molecule has 0 radical (unpaired) electrons. The third kappa shape index (κ3) is 5.14. The first-order valence-electron chi connectivity index (χ1n) is 8.77. The van der Waals surface area contributed by atoms with Crippen LogP contribution in [0.1, 0.15) is 12.8 Å². The molecule has 1 fully saturated rings. The van der Waals surface area contributed by atoms with Gasteiger partial charge in [-0.2, -0.15) is 4.31 Å². The second-order valence-corrected chi connectivity index (χ2v) is 10.6. The van der Waals surface area contributed by atoms with E-state index in [4.69, 9.17) is 16.7 Å². The summed E-state index contributed by atoms with van der Waals surface area (Å²) in [4.78, 5) is 12.6. The van der Waals surface area contributed by atoms with Crippen LogP contribution in [0.5, 0.6) is 0 Å². The van der Waals surface area contributed by atoms with E-state index in [2.05, 4.69) is 5.32 Å². The van der Waals surface area contributed by atoms with Gasteiger partial charge in [-0.1, -0.05) is 11.6 Å². The summed E-state index contributed by atoms with van der Waals surface area (Å²) >= 11 is 5.81. The maximum absolute atomic E-state index is 12.7. The van der Waals surface area contributed by atoms with Crippen molar-refractivity contribution in [3.63, 3.8) is 0 Å². The number of amides is 1. The molecular weight excluding hydrogens is 438 g/mol. The molecule has 1 aliphatic rings. The summed E-state index contributed by atoms with van der Waals surface area (Å²) in [7, 11) is -7.43. The van der Waals surface area contributed by atoms with E-state index in [1.165, 1.54) is 52.8 Å². The van der Waals surface area contributed by atoms with Gasteiger partial charge in [-0.3, -0.25) is 4.79 Å². The molecule has 0 bridgehead atoms. The summed E-state index contributed by atoms with van der Waals surface area (Å²) < 4.78 is 49.3. The summed E-state index contributed by atoms with van der Waals surface area (Å²) in [5.74, 6) is -0.582. The van der Waals surface area contributed by atoms with E-state index in [0.29, 0.717) is 23.6 Å². The Kier molecular flexibility index (Phi) is 6.30. The molecule has 2 aromatic carbocycles. The predicted molar refractivity (Wildman–Crippen MR) is 109 cm³/mol. The van der Waals surface area contributed by atoms with Crippen molar-refractivity contribution < 1.29 is 21.6 Å². The van der Waals surface area contributed by atoms with Gasteiger partial charge in [-0.05, 0) is 61.4 Å². The van der Waals surface area contributed by atoms with Crippen LogP contribution >= 0.6 is 11.6 Å². The number of carbonyl (C=O) groups is 1. The Morgan fingerprint density at radius 1 is 0.931 bits per heavy atom. The van der Waals surface area contributed by atoms with Gasteiger partial charge in [-0.15, -0.1) is 0 Å². The molecule has 1 heterocycles. The van der Waals surface area contributed by atoms with Crippen LogP contribution in [-0.4, -0.2) is 40.1 Å². The Hall–Kier alpha value is -1.98. The van der Waals surface area contributed by atoms with Crippen LogP contribution in [0, 0.1) is 5.92 Å². The Morgan fingerprint density at radius 2 is 1.45 bits per heavy atom. The third-order valence-corrected chi connectivity index (χ3v) is 7.82. The van der Waals surface area contributed by atoms with Gasteiger partial charge in [0, 0.05) is 29.7 Å². The zero-order chi connectivity index (χ0) is 21.2. The lowest BCUT2D eigenvalue weighted by Crippen LogP contribution is -2.41. The van der Waals surface area contributed by atoms with Gasteiger partial charge in [0.05, 0.1) is 9.79 Å². The van der Waals surface area contributed by atoms with Crippen molar-refractivity contribution in [2.24, 2.45) is 11.1 Å². The minimum atomic E-state index is -3.80. The van der Waals surface area contributed by atoms with Crippen LogP contribution in [0.15, 0.2) is 58.3 Å². The molecule has 11 heteroatoms. The summed E-state index contributed by atoms with van der Waals surface area (Å²) in [5.41, 5.74) is 0.443. The summed E-state index contributed by atoms with van der Waals surface area (Å²) in [6.07, 6.45) is 0.766.